The molecule has 1 aliphatic carbocycles. The molecule has 0 saturated carbocycles. The summed E-state index contributed by atoms with van der Waals surface area (Å²) in [5.74, 6) is -1.60. The third kappa shape index (κ3) is 5.05. The Morgan fingerprint density at radius 3 is 2.47 bits per heavy atom. The van der Waals surface area contributed by atoms with Gasteiger partial charge in [-0.15, -0.1) is 0 Å². The number of carbonyl (C=O) groups is 1. The highest BCUT2D eigenvalue weighted by molar-refractivity contribution is 6.11. The number of nitrogens with one attached hydrogen (secondary N) is 1. The molecule has 5 aromatic rings. The average molecular weight is 589 g/mol. The molecule has 2 aromatic heterocycles. The molecule has 43 heavy (non-hydrogen) atoms. The lowest BCUT2D eigenvalue weighted by Crippen LogP contribution is -2.38. The number of amides is 1. The molecule has 0 bridgehead atoms. The third-order valence-corrected chi connectivity index (χ3v) is 7.98. The summed E-state index contributed by atoms with van der Waals surface area (Å²) < 4.78 is 32.6. The van der Waals surface area contributed by atoms with Gasteiger partial charge >= 0.3 is 5.69 Å². The van der Waals surface area contributed by atoms with E-state index in [1.807, 2.05) is 0 Å². The molecule has 3 aromatic carbocycles. The van der Waals surface area contributed by atoms with Crippen LogP contribution in [0.15, 0.2) is 52.1 Å². The average Bonchev–Trinajstić information content (AvgIpc) is 3.30. The molecule has 1 unspecified atom stereocenters. The van der Waals surface area contributed by atoms with Crippen molar-refractivity contribution < 1.29 is 18.7 Å². The smallest absolute Gasteiger partial charge is 0.335 e. The first-order chi connectivity index (χ1) is 20.3. The highest BCUT2D eigenvalue weighted by atomic mass is 19.1. The van der Waals surface area contributed by atoms with Crippen LogP contribution in [-0.2, 0) is 19.9 Å². The van der Waals surface area contributed by atoms with E-state index in [2.05, 4.69) is 11.9 Å². The Morgan fingerprint density at radius 2 is 1.79 bits per heavy atom. The van der Waals surface area contributed by atoms with Gasteiger partial charge in [-0.05, 0) is 86.9 Å². The van der Waals surface area contributed by atoms with Crippen LogP contribution in [0.2, 0.25) is 0 Å². The number of benzene rings is 3. The van der Waals surface area contributed by atoms with Crippen molar-refractivity contribution in [2.24, 2.45) is 18.7 Å². The number of halogens is 2. The minimum Gasteiger partial charge on any atom is -0.394 e. The molecule has 8 nitrogen and oxygen atoms in total. The van der Waals surface area contributed by atoms with Gasteiger partial charge in [0.15, 0.2) is 0 Å². The number of aromatic amines is 1. The highest BCUT2D eigenvalue weighted by Gasteiger charge is 2.28. The fourth-order valence-electron chi connectivity index (χ4n) is 6.04. The number of H-pyrrole nitrogens is 1. The van der Waals surface area contributed by atoms with Crippen LogP contribution in [0.1, 0.15) is 54.4 Å². The van der Waals surface area contributed by atoms with E-state index in [0.29, 0.717) is 34.4 Å². The van der Waals surface area contributed by atoms with E-state index in [1.54, 1.807) is 39.0 Å². The van der Waals surface area contributed by atoms with Gasteiger partial charge in [-0.1, -0.05) is 25.1 Å². The van der Waals surface area contributed by atoms with Gasteiger partial charge in [0.2, 0.25) is 0 Å². The molecule has 4 N–H and O–H groups in total. The quantitative estimate of drug-likeness (QED) is 0.273. The van der Waals surface area contributed by atoms with Crippen molar-refractivity contribution >= 4 is 27.7 Å². The van der Waals surface area contributed by atoms with E-state index in [1.165, 1.54) is 25.2 Å². The normalized spacial score (nSPS) is 14.6. The van der Waals surface area contributed by atoms with Gasteiger partial charge in [0, 0.05) is 29.8 Å². The maximum Gasteiger partial charge on any atom is 0.335 e. The summed E-state index contributed by atoms with van der Waals surface area (Å²) in [6.07, 6.45) is 2.22. The Morgan fingerprint density at radius 1 is 1.12 bits per heavy atom. The summed E-state index contributed by atoms with van der Waals surface area (Å²) in [5, 5.41) is 8.70. The number of hydrogen-bond donors (Lipinski definition) is 3. The number of fused-ring (bicyclic) bond motifs is 4. The van der Waals surface area contributed by atoms with E-state index >= 15 is 4.39 Å². The number of carbonyl (C=O) groups excluding carboxylic acids is 1. The van der Waals surface area contributed by atoms with Crippen LogP contribution in [-0.4, -0.2) is 31.2 Å². The molecule has 0 radical (unpaired) electrons. The van der Waals surface area contributed by atoms with Crippen molar-refractivity contribution in [2.45, 2.75) is 53.1 Å². The van der Waals surface area contributed by atoms with Crippen molar-refractivity contribution in [2.75, 3.05) is 0 Å². The summed E-state index contributed by atoms with van der Waals surface area (Å²) in [5.41, 5.74) is 8.10. The molecule has 10 heteroatoms. The fourth-order valence-corrected chi connectivity index (χ4v) is 6.04. The number of aliphatic hydroxyl groups is 1. The summed E-state index contributed by atoms with van der Waals surface area (Å²) in [7, 11) is 1.40. The summed E-state index contributed by atoms with van der Waals surface area (Å²) in [6.45, 7) is 7.30. The Hall–Kier alpha value is -4.57. The van der Waals surface area contributed by atoms with Crippen LogP contribution in [0.5, 0.6) is 0 Å². The summed E-state index contributed by atoms with van der Waals surface area (Å²) in [6, 6.07) is 10.2. The van der Waals surface area contributed by atoms with E-state index in [4.69, 9.17) is 10.8 Å². The van der Waals surface area contributed by atoms with Gasteiger partial charge in [0.1, 0.15) is 11.6 Å². The number of nitrogens with zero attached hydrogens (tertiary/aromatic N) is 2. The predicted octanol–water partition coefficient (Wildman–Crippen LogP) is 5.04. The van der Waals surface area contributed by atoms with Crippen molar-refractivity contribution in [1.29, 1.82) is 0 Å². The molecule has 0 aliphatic heterocycles. The summed E-state index contributed by atoms with van der Waals surface area (Å²) in [4.78, 5) is 42.5. The van der Waals surface area contributed by atoms with Crippen molar-refractivity contribution in [3.63, 3.8) is 0 Å². The largest absolute Gasteiger partial charge is 0.394 e. The van der Waals surface area contributed by atoms with Gasteiger partial charge in [0.05, 0.1) is 27.7 Å². The Kier molecular flexibility index (Phi) is 7.83. The Balaban J connectivity index is 0.000000868. The van der Waals surface area contributed by atoms with Crippen LogP contribution in [0.25, 0.3) is 38.6 Å². The molecular formula is C33H34F2N4O4. The number of nitrogens with two attached hydrogens (primary N) is 1. The zero-order chi connectivity index (χ0) is 31.3. The number of rotatable bonds is 3. The van der Waals surface area contributed by atoms with Gasteiger partial charge in [0.25, 0.3) is 11.5 Å². The Labute approximate surface area is 246 Å². The van der Waals surface area contributed by atoms with Crippen LogP contribution in [0.3, 0.4) is 0 Å². The number of aryl methyl sites for hydroxylation is 2. The van der Waals surface area contributed by atoms with Gasteiger partial charge < -0.3 is 15.8 Å². The van der Waals surface area contributed by atoms with Crippen molar-refractivity contribution in [1.82, 2.24) is 14.1 Å². The first kappa shape index (κ1) is 29.9. The van der Waals surface area contributed by atoms with Crippen LogP contribution >= 0.6 is 0 Å². The molecule has 1 amide bonds. The fraction of sp³-hybridized carbons (Fsp3) is 0.303. The maximum atomic E-state index is 15.9. The van der Waals surface area contributed by atoms with Crippen LogP contribution < -0.4 is 17.0 Å². The number of aromatic nitrogens is 3. The molecule has 224 valence electrons. The second-order valence-corrected chi connectivity index (χ2v) is 11.5. The zero-order valence-corrected chi connectivity index (χ0v) is 24.7. The minimum absolute atomic E-state index is 0.0510. The second-order valence-electron chi connectivity index (χ2n) is 11.5. The number of primary amides is 1. The van der Waals surface area contributed by atoms with Crippen molar-refractivity contribution in [3.05, 3.63) is 97.3 Å². The molecule has 1 aliphatic rings. The molecule has 0 spiro atoms. The lowest BCUT2D eigenvalue weighted by Gasteiger charge is -2.20. The monoisotopic (exact) mass is 588 g/mol. The van der Waals surface area contributed by atoms with Crippen molar-refractivity contribution in [3.8, 4) is 16.8 Å². The van der Waals surface area contributed by atoms with E-state index < -0.39 is 28.8 Å². The molecule has 2 heterocycles. The second kappa shape index (κ2) is 11.3. The van der Waals surface area contributed by atoms with E-state index in [-0.39, 0.29) is 33.8 Å². The molecule has 0 saturated heterocycles. The maximum absolute atomic E-state index is 15.9. The SMILES string of the molecule is CC(C)O.Cc1c(-c2c(F)cc(C(N)=O)c3[nH]c4c(c23)CCC(C)C4)cccc1-n1c(=O)c2cccc(F)c2n(C)c1=O. The third-order valence-electron chi connectivity index (χ3n) is 7.98. The predicted molar refractivity (Wildman–Crippen MR) is 164 cm³/mol. The number of aliphatic hydroxyl groups excluding tert-OH is 1. The molecular weight excluding hydrogens is 554 g/mol. The molecule has 1 atom stereocenters. The first-order valence-electron chi connectivity index (χ1n) is 14.2. The highest BCUT2D eigenvalue weighted by Crippen LogP contribution is 2.42. The lowest BCUT2D eigenvalue weighted by molar-refractivity contribution is 0.100. The van der Waals surface area contributed by atoms with E-state index in [0.717, 1.165) is 39.3 Å². The first-order valence-corrected chi connectivity index (χ1v) is 14.2. The molecule has 0 fully saturated rings. The zero-order valence-electron chi connectivity index (χ0n) is 24.7. The molecule has 6 rings (SSSR count). The van der Waals surface area contributed by atoms with Gasteiger partial charge in [-0.3, -0.25) is 14.2 Å². The number of para-hydroxylation sites is 1. The summed E-state index contributed by atoms with van der Waals surface area (Å²) >= 11 is 0. The standard InChI is InChI=1S/C30H26F2N4O3.C3H8O/c1-14-10-11-17-22(12-14)34-26-19(28(33)37)13-21(32)24(25(17)26)16-6-5-9-23(15(16)2)36-29(38)18-7-4-8-20(31)27(18)35(3)30(36)39;1-3(2)4/h4-9,13-14,34H,10-12H2,1-3H3,(H2,33,37);3-4H,1-2H3. The van der Waals surface area contributed by atoms with Gasteiger partial charge in [-0.25, -0.2) is 18.1 Å². The minimum atomic E-state index is -0.735. The van der Waals surface area contributed by atoms with Crippen LogP contribution in [0.4, 0.5) is 8.78 Å². The lowest BCUT2D eigenvalue weighted by atomic mass is 9.85. The van der Waals surface area contributed by atoms with Gasteiger partial charge in [-0.2, -0.15) is 0 Å². The van der Waals surface area contributed by atoms with E-state index in [9.17, 15) is 18.8 Å². The topological polar surface area (TPSA) is 123 Å². The van der Waals surface area contributed by atoms with Crippen LogP contribution in [0, 0.1) is 24.5 Å². The Bertz CT molecular complexity index is 2040. The number of hydrogen-bond acceptors (Lipinski definition) is 4.